The van der Waals surface area contributed by atoms with E-state index in [2.05, 4.69) is 10.6 Å². The van der Waals surface area contributed by atoms with E-state index in [4.69, 9.17) is 10.5 Å². The lowest BCUT2D eigenvalue weighted by atomic mass is 9.82. The second kappa shape index (κ2) is 9.51. The molecular weight excluding hydrogens is 326 g/mol. The maximum Gasteiger partial charge on any atom is 0.315 e. The minimum Gasteiger partial charge on any atom is -0.484 e. The van der Waals surface area contributed by atoms with Gasteiger partial charge in [-0.05, 0) is 30.5 Å². The fraction of sp³-hybridized carbons (Fsp3) is 0.471. The van der Waals surface area contributed by atoms with Crippen LogP contribution in [0.4, 0.5) is 4.79 Å². The summed E-state index contributed by atoms with van der Waals surface area (Å²) in [6, 6.07) is 6.43. The van der Waals surface area contributed by atoms with Gasteiger partial charge in [0.1, 0.15) is 5.75 Å². The lowest BCUT2D eigenvalue weighted by Crippen LogP contribution is -2.45. The maximum atomic E-state index is 11.9. The Morgan fingerprint density at radius 2 is 1.88 bits per heavy atom. The molecule has 8 nitrogen and oxygen atoms in total. The van der Waals surface area contributed by atoms with Crippen molar-refractivity contribution >= 4 is 17.9 Å². The largest absolute Gasteiger partial charge is 0.484 e. The molecule has 8 heteroatoms. The van der Waals surface area contributed by atoms with Gasteiger partial charge in [0.15, 0.2) is 6.61 Å². The van der Waals surface area contributed by atoms with Gasteiger partial charge in [0.25, 0.3) is 5.91 Å². The normalized spacial score (nSPS) is 10.8. The lowest BCUT2D eigenvalue weighted by molar-refractivity contribution is -0.149. The molecule has 25 heavy (non-hydrogen) atoms. The monoisotopic (exact) mass is 351 g/mol. The van der Waals surface area contributed by atoms with Gasteiger partial charge in [-0.2, -0.15) is 0 Å². The number of primary amides is 1. The van der Waals surface area contributed by atoms with E-state index in [-0.39, 0.29) is 19.7 Å². The first-order valence-corrected chi connectivity index (χ1v) is 8.08. The van der Waals surface area contributed by atoms with Crippen LogP contribution in [0.1, 0.15) is 32.3 Å². The van der Waals surface area contributed by atoms with Crippen LogP contribution in [-0.4, -0.2) is 36.2 Å². The van der Waals surface area contributed by atoms with E-state index in [0.29, 0.717) is 18.6 Å². The Balaban J connectivity index is 2.52. The van der Waals surface area contributed by atoms with E-state index in [9.17, 15) is 19.5 Å². The summed E-state index contributed by atoms with van der Waals surface area (Å²) in [5.74, 6) is -1.02. The van der Waals surface area contributed by atoms with Crippen LogP contribution < -0.4 is 21.1 Å². The molecule has 0 heterocycles. The standard InChI is InChI=1S/C17H25N3O5/c1-3-17(4-2,15(22)23)11-20-16(24)19-9-12-6-5-7-13(8-12)25-10-14(18)21/h5-8H,3-4,9-11H2,1-2H3,(H2,18,21)(H,22,23)(H2,19,20,24). The Kier molecular flexibility index (Phi) is 7.71. The number of aliphatic carboxylic acids is 1. The minimum atomic E-state index is -0.958. The summed E-state index contributed by atoms with van der Waals surface area (Å²) in [4.78, 5) is 34.0. The second-order valence-corrected chi connectivity index (χ2v) is 5.73. The van der Waals surface area contributed by atoms with Gasteiger partial charge < -0.3 is 26.2 Å². The fourth-order valence-corrected chi connectivity index (χ4v) is 2.27. The van der Waals surface area contributed by atoms with Crippen molar-refractivity contribution in [2.75, 3.05) is 13.2 Å². The quantitative estimate of drug-likeness (QED) is 0.504. The van der Waals surface area contributed by atoms with Crippen LogP contribution in [0.25, 0.3) is 0 Å². The molecule has 0 aliphatic heterocycles. The molecule has 1 aromatic rings. The third-order valence-corrected chi connectivity index (χ3v) is 4.13. The van der Waals surface area contributed by atoms with Gasteiger partial charge in [0.2, 0.25) is 0 Å². The number of hydrogen-bond acceptors (Lipinski definition) is 4. The molecule has 5 N–H and O–H groups in total. The number of carbonyl (C=O) groups is 3. The Hall–Kier alpha value is -2.77. The highest BCUT2D eigenvalue weighted by Gasteiger charge is 2.35. The van der Waals surface area contributed by atoms with E-state index in [0.717, 1.165) is 5.56 Å². The van der Waals surface area contributed by atoms with Gasteiger partial charge in [0.05, 0.1) is 5.41 Å². The summed E-state index contributed by atoms with van der Waals surface area (Å²) in [5.41, 5.74) is 4.83. The number of carbonyl (C=O) groups excluding carboxylic acids is 2. The van der Waals surface area contributed by atoms with Crippen LogP contribution in [-0.2, 0) is 16.1 Å². The predicted octanol–water partition coefficient (Wildman–Crippen LogP) is 1.24. The number of urea groups is 1. The number of ether oxygens (including phenoxy) is 1. The zero-order chi connectivity index (χ0) is 18.9. The zero-order valence-electron chi connectivity index (χ0n) is 14.5. The van der Waals surface area contributed by atoms with Crippen molar-refractivity contribution in [3.05, 3.63) is 29.8 Å². The highest BCUT2D eigenvalue weighted by atomic mass is 16.5. The number of benzene rings is 1. The number of amides is 3. The number of rotatable bonds is 10. The van der Waals surface area contributed by atoms with Gasteiger partial charge in [-0.3, -0.25) is 9.59 Å². The average molecular weight is 351 g/mol. The summed E-state index contributed by atoms with van der Waals surface area (Å²) in [6.45, 7) is 3.65. The van der Waals surface area contributed by atoms with Crippen LogP contribution in [0.15, 0.2) is 24.3 Å². The van der Waals surface area contributed by atoms with E-state index < -0.39 is 23.3 Å². The summed E-state index contributed by atoms with van der Waals surface area (Å²) in [5, 5.41) is 14.6. The molecule has 0 saturated heterocycles. The molecule has 0 aromatic heterocycles. The molecule has 1 rings (SSSR count). The van der Waals surface area contributed by atoms with Crippen LogP contribution in [0.5, 0.6) is 5.75 Å². The molecule has 1 aromatic carbocycles. The van der Waals surface area contributed by atoms with Crippen molar-refractivity contribution in [3.63, 3.8) is 0 Å². The zero-order valence-corrected chi connectivity index (χ0v) is 14.5. The number of carboxylic acids is 1. The van der Waals surface area contributed by atoms with Crippen LogP contribution in [0, 0.1) is 5.41 Å². The Morgan fingerprint density at radius 1 is 1.20 bits per heavy atom. The second-order valence-electron chi connectivity index (χ2n) is 5.73. The number of nitrogens with two attached hydrogens (primary N) is 1. The predicted molar refractivity (Wildman–Crippen MR) is 92.0 cm³/mol. The van der Waals surface area contributed by atoms with E-state index >= 15 is 0 Å². The van der Waals surface area contributed by atoms with E-state index in [1.165, 1.54) is 0 Å². The molecule has 0 radical (unpaired) electrons. The Labute approximate surface area is 146 Å². The lowest BCUT2D eigenvalue weighted by Gasteiger charge is -2.26. The summed E-state index contributed by atoms with van der Waals surface area (Å²) < 4.78 is 5.19. The van der Waals surface area contributed by atoms with E-state index in [1.807, 2.05) is 0 Å². The molecule has 0 aliphatic rings. The fourth-order valence-electron chi connectivity index (χ4n) is 2.27. The molecule has 0 bridgehead atoms. The van der Waals surface area contributed by atoms with Crippen LogP contribution in [0.2, 0.25) is 0 Å². The third kappa shape index (κ3) is 6.33. The first-order valence-electron chi connectivity index (χ1n) is 8.08. The molecule has 0 saturated carbocycles. The molecule has 0 spiro atoms. The minimum absolute atomic E-state index is 0.0585. The SMILES string of the molecule is CCC(CC)(CNC(=O)NCc1cccc(OCC(N)=O)c1)C(=O)O. The van der Waals surface area contributed by atoms with Crippen LogP contribution >= 0.6 is 0 Å². The number of hydrogen-bond donors (Lipinski definition) is 4. The van der Waals surface area contributed by atoms with Crippen LogP contribution in [0.3, 0.4) is 0 Å². The van der Waals surface area contributed by atoms with E-state index in [1.54, 1.807) is 38.1 Å². The van der Waals surface area contributed by atoms with Gasteiger partial charge in [-0.15, -0.1) is 0 Å². The molecule has 0 atom stereocenters. The number of nitrogens with one attached hydrogen (secondary N) is 2. The summed E-state index contributed by atoms with van der Waals surface area (Å²) in [7, 11) is 0. The van der Waals surface area contributed by atoms with Gasteiger partial charge >= 0.3 is 12.0 Å². The molecule has 0 fully saturated rings. The smallest absolute Gasteiger partial charge is 0.315 e. The van der Waals surface area contributed by atoms with Gasteiger partial charge in [-0.1, -0.05) is 26.0 Å². The molecule has 0 unspecified atom stereocenters. The number of carboxylic acid groups (broad SMARTS) is 1. The van der Waals surface area contributed by atoms with Crippen molar-refractivity contribution in [1.82, 2.24) is 10.6 Å². The Morgan fingerprint density at radius 3 is 2.44 bits per heavy atom. The van der Waals surface area contributed by atoms with Gasteiger partial charge in [-0.25, -0.2) is 4.79 Å². The summed E-state index contributed by atoms with van der Waals surface area (Å²) >= 11 is 0. The van der Waals surface area contributed by atoms with Crippen molar-refractivity contribution < 1.29 is 24.2 Å². The average Bonchev–Trinajstić information content (AvgIpc) is 2.59. The van der Waals surface area contributed by atoms with Crippen molar-refractivity contribution in [2.45, 2.75) is 33.2 Å². The topological polar surface area (TPSA) is 131 Å². The molecule has 138 valence electrons. The maximum absolute atomic E-state index is 11.9. The highest BCUT2D eigenvalue weighted by molar-refractivity contribution is 5.78. The van der Waals surface area contributed by atoms with Crippen molar-refractivity contribution in [3.8, 4) is 5.75 Å². The molecule has 3 amide bonds. The highest BCUT2D eigenvalue weighted by Crippen LogP contribution is 2.25. The first-order chi connectivity index (χ1) is 11.8. The molecule has 0 aliphatic carbocycles. The van der Waals surface area contributed by atoms with Crippen molar-refractivity contribution in [2.24, 2.45) is 11.1 Å². The van der Waals surface area contributed by atoms with Crippen molar-refractivity contribution in [1.29, 1.82) is 0 Å². The first kappa shape index (κ1) is 20.3. The Bertz CT molecular complexity index is 614. The molecular formula is C17H25N3O5. The summed E-state index contributed by atoms with van der Waals surface area (Å²) in [6.07, 6.45) is 0.858. The van der Waals surface area contributed by atoms with Gasteiger partial charge in [0, 0.05) is 13.1 Å². The third-order valence-electron chi connectivity index (χ3n) is 4.13.